The summed E-state index contributed by atoms with van der Waals surface area (Å²) < 4.78 is 0. The zero-order valence-corrected chi connectivity index (χ0v) is 17.5. The molecule has 2 N–H and O–H groups in total. The number of aryl methyl sites for hydroxylation is 2. The number of hydrogen-bond donors (Lipinski definition) is 2. The molecular weight excluding hydrogens is 354 g/mol. The van der Waals surface area contributed by atoms with Crippen molar-refractivity contribution in [1.82, 2.24) is 15.2 Å². The van der Waals surface area contributed by atoms with Gasteiger partial charge in [-0.3, -0.25) is 4.79 Å². The van der Waals surface area contributed by atoms with Crippen LogP contribution >= 0.6 is 12.2 Å². The van der Waals surface area contributed by atoms with E-state index in [9.17, 15) is 4.79 Å². The lowest BCUT2D eigenvalue weighted by Crippen LogP contribution is -2.47. The van der Waals surface area contributed by atoms with Gasteiger partial charge in [-0.1, -0.05) is 32.3 Å². The summed E-state index contributed by atoms with van der Waals surface area (Å²) in [6.07, 6.45) is 7.12. The minimum absolute atomic E-state index is 0.00778. The Kier molecular flexibility index (Phi) is 6.53. The molecular formula is C22H31N3OS. The van der Waals surface area contributed by atoms with Crippen LogP contribution in [0, 0.1) is 13.8 Å². The highest BCUT2D eigenvalue weighted by atomic mass is 32.1. The average molecular weight is 386 g/mol. The number of H-pyrrole nitrogens is 1. The first-order valence-corrected chi connectivity index (χ1v) is 10.6. The topological polar surface area (TPSA) is 48.1 Å². The summed E-state index contributed by atoms with van der Waals surface area (Å²) in [6, 6.07) is 6.68. The van der Waals surface area contributed by atoms with Crippen molar-refractivity contribution < 1.29 is 0 Å². The molecule has 3 rings (SSSR count). The summed E-state index contributed by atoms with van der Waals surface area (Å²) in [6.45, 7) is 7.73. The van der Waals surface area contributed by atoms with Crippen molar-refractivity contribution in [3.05, 3.63) is 45.2 Å². The lowest BCUT2D eigenvalue weighted by Gasteiger charge is -2.36. The third-order valence-corrected chi connectivity index (χ3v) is 5.91. The standard InChI is InChI=1S/C22H31N3OS/c1-4-10-23-22(27)25(18-8-6-5-7-9-18)14-17-13-19-16(3)11-15(2)12-20(19)24-21(17)26/h11-13,18H,4-10,14H2,1-3H3,(H,23,27)(H,24,26). The summed E-state index contributed by atoms with van der Waals surface area (Å²) >= 11 is 5.71. The Morgan fingerprint density at radius 2 is 1.96 bits per heavy atom. The van der Waals surface area contributed by atoms with Gasteiger partial charge in [-0.15, -0.1) is 0 Å². The SMILES string of the molecule is CCCNC(=S)N(Cc1cc2c(C)cc(C)cc2[nH]c1=O)C1CCCCC1. The van der Waals surface area contributed by atoms with Gasteiger partial charge >= 0.3 is 0 Å². The number of fused-ring (bicyclic) bond motifs is 1. The molecule has 146 valence electrons. The van der Waals surface area contributed by atoms with Gasteiger partial charge < -0.3 is 15.2 Å². The molecule has 1 aromatic carbocycles. The molecule has 1 aliphatic carbocycles. The van der Waals surface area contributed by atoms with E-state index in [0.29, 0.717) is 12.6 Å². The zero-order chi connectivity index (χ0) is 19.4. The molecule has 27 heavy (non-hydrogen) atoms. The second-order valence-electron chi connectivity index (χ2n) is 7.82. The Bertz CT molecular complexity index is 868. The van der Waals surface area contributed by atoms with Crippen LogP contribution in [0.2, 0.25) is 0 Å². The lowest BCUT2D eigenvalue weighted by molar-refractivity contribution is 0.234. The van der Waals surface area contributed by atoms with E-state index in [-0.39, 0.29) is 5.56 Å². The molecule has 0 unspecified atom stereocenters. The predicted molar refractivity (Wildman–Crippen MR) is 117 cm³/mol. The lowest BCUT2D eigenvalue weighted by atomic mass is 9.94. The number of aromatic nitrogens is 1. The van der Waals surface area contributed by atoms with Crippen LogP contribution in [0.4, 0.5) is 0 Å². The van der Waals surface area contributed by atoms with Gasteiger partial charge in [-0.2, -0.15) is 0 Å². The maximum absolute atomic E-state index is 12.8. The maximum atomic E-state index is 12.8. The smallest absolute Gasteiger partial charge is 0.253 e. The van der Waals surface area contributed by atoms with E-state index in [1.165, 1.54) is 24.8 Å². The van der Waals surface area contributed by atoms with E-state index in [1.54, 1.807) is 0 Å². The second kappa shape index (κ2) is 8.87. The Morgan fingerprint density at radius 3 is 2.67 bits per heavy atom. The first-order chi connectivity index (χ1) is 13.0. The highest BCUT2D eigenvalue weighted by molar-refractivity contribution is 7.80. The molecule has 2 aromatic rings. The number of pyridine rings is 1. The van der Waals surface area contributed by atoms with Crippen LogP contribution in [0.15, 0.2) is 23.0 Å². The molecule has 1 aromatic heterocycles. The molecule has 1 aliphatic rings. The number of benzene rings is 1. The number of nitrogens with zero attached hydrogens (tertiary/aromatic N) is 1. The number of thiocarbonyl (C=S) groups is 1. The number of hydrogen-bond acceptors (Lipinski definition) is 2. The van der Waals surface area contributed by atoms with Crippen molar-refractivity contribution in [3.8, 4) is 0 Å². The molecule has 5 heteroatoms. The molecule has 0 aliphatic heterocycles. The van der Waals surface area contributed by atoms with Crippen molar-refractivity contribution >= 4 is 28.2 Å². The zero-order valence-electron chi connectivity index (χ0n) is 16.7. The van der Waals surface area contributed by atoms with Gasteiger partial charge in [-0.25, -0.2) is 0 Å². The second-order valence-corrected chi connectivity index (χ2v) is 8.21. The van der Waals surface area contributed by atoms with Crippen molar-refractivity contribution in [3.63, 3.8) is 0 Å². The van der Waals surface area contributed by atoms with Gasteiger partial charge in [0.15, 0.2) is 5.11 Å². The van der Waals surface area contributed by atoms with E-state index in [2.05, 4.69) is 48.1 Å². The Balaban J connectivity index is 1.93. The van der Waals surface area contributed by atoms with Crippen LogP contribution in [0.3, 0.4) is 0 Å². The molecule has 0 spiro atoms. The first kappa shape index (κ1) is 19.9. The fourth-order valence-corrected chi connectivity index (χ4v) is 4.43. The van der Waals surface area contributed by atoms with E-state index < -0.39 is 0 Å². The van der Waals surface area contributed by atoms with Crippen molar-refractivity contribution in [1.29, 1.82) is 0 Å². The van der Waals surface area contributed by atoms with Crippen molar-refractivity contribution in [2.24, 2.45) is 0 Å². The van der Waals surface area contributed by atoms with Crippen molar-refractivity contribution in [2.75, 3.05) is 6.54 Å². The van der Waals surface area contributed by atoms with Crippen LogP contribution in [-0.4, -0.2) is 27.6 Å². The summed E-state index contributed by atoms with van der Waals surface area (Å²) in [4.78, 5) is 18.1. The van der Waals surface area contributed by atoms with Gasteiger partial charge in [0.05, 0.1) is 6.54 Å². The first-order valence-electron chi connectivity index (χ1n) is 10.2. The summed E-state index contributed by atoms with van der Waals surface area (Å²) in [5.74, 6) is 0. The van der Waals surface area contributed by atoms with Gasteiger partial charge in [0.2, 0.25) is 0 Å². The van der Waals surface area contributed by atoms with E-state index in [0.717, 1.165) is 52.9 Å². The average Bonchev–Trinajstić information content (AvgIpc) is 2.65. The Morgan fingerprint density at radius 1 is 1.22 bits per heavy atom. The van der Waals surface area contributed by atoms with E-state index in [1.807, 2.05) is 6.07 Å². The Labute approximate surface area is 167 Å². The van der Waals surface area contributed by atoms with Gasteiger partial charge in [0, 0.05) is 29.1 Å². The highest BCUT2D eigenvalue weighted by Gasteiger charge is 2.24. The Hall–Kier alpha value is -1.88. The van der Waals surface area contributed by atoms with Gasteiger partial charge in [0.1, 0.15) is 0 Å². The summed E-state index contributed by atoms with van der Waals surface area (Å²) in [7, 11) is 0. The normalized spacial score (nSPS) is 15.1. The molecule has 1 saturated carbocycles. The van der Waals surface area contributed by atoms with Crippen LogP contribution < -0.4 is 10.9 Å². The van der Waals surface area contributed by atoms with Crippen LogP contribution in [0.25, 0.3) is 10.9 Å². The third-order valence-electron chi connectivity index (χ3n) is 5.53. The molecule has 0 atom stereocenters. The fourth-order valence-electron chi connectivity index (χ4n) is 4.11. The molecule has 4 nitrogen and oxygen atoms in total. The largest absolute Gasteiger partial charge is 0.363 e. The molecule has 1 heterocycles. The van der Waals surface area contributed by atoms with Gasteiger partial charge in [0.25, 0.3) is 5.56 Å². The maximum Gasteiger partial charge on any atom is 0.253 e. The molecule has 0 amide bonds. The monoisotopic (exact) mass is 385 g/mol. The number of aromatic amines is 1. The fraction of sp³-hybridized carbons (Fsp3) is 0.545. The molecule has 0 bridgehead atoms. The van der Waals surface area contributed by atoms with Crippen LogP contribution in [-0.2, 0) is 6.54 Å². The number of nitrogens with one attached hydrogen (secondary N) is 2. The highest BCUT2D eigenvalue weighted by Crippen LogP contribution is 2.25. The molecule has 0 saturated heterocycles. The van der Waals surface area contributed by atoms with E-state index in [4.69, 9.17) is 12.2 Å². The molecule has 1 fully saturated rings. The summed E-state index contributed by atoms with van der Waals surface area (Å²) in [5, 5.41) is 5.27. The molecule has 0 radical (unpaired) electrons. The minimum Gasteiger partial charge on any atom is -0.363 e. The van der Waals surface area contributed by atoms with Crippen LogP contribution in [0.1, 0.15) is 62.1 Å². The quantitative estimate of drug-likeness (QED) is 0.741. The summed E-state index contributed by atoms with van der Waals surface area (Å²) in [5.41, 5.74) is 4.06. The third kappa shape index (κ3) is 4.70. The van der Waals surface area contributed by atoms with Crippen molar-refractivity contribution in [2.45, 2.75) is 71.9 Å². The van der Waals surface area contributed by atoms with E-state index >= 15 is 0 Å². The number of rotatable bonds is 5. The predicted octanol–water partition coefficient (Wildman–Crippen LogP) is 4.56. The van der Waals surface area contributed by atoms with Crippen LogP contribution in [0.5, 0.6) is 0 Å². The minimum atomic E-state index is -0.00778. The van der Waals surface area contributed by atoms with Gasteiger partial charge in [-0.05, 0) is 68.6 Å².